The second-order valence-corrected chi connectivity index (χ2v) is 7.66. The quantitative estimate of drug-likeness (QED) is 0.182. The lowest BCUT2D eigenvalue weighted by molar-refractivity contribution is 0.0967. The van der Waals surface area contributed by atoms with Gasteiger partial charge in [-0.3, -0.25) is 4.79 Å². The number of carbonyl (C=O) groups is 1. The van der Waals surface area contributed by atoms with Crippen molar-refractivity contribution < 1.29 is 4.79 Å². The number of rotatable bonds is 4. The SMILES string of the molecule is [N-]=[N+]=NCCCn1c2ccccc2c2c3c(c4c5ccccc5[nH]c4c21)CNC3=O. The van der Waals surface area contributed by atoms with Gasteiger partial charge in [0.15, 0.2) is 0 Å². The zero-order valence-corrected chi connectivity index (χ0v) is 16.1. The Bertz CT molecular complexity index is 1550. The van der Waals surface area contributed by atoms with Crippen LogP contribution in [0.2, 0.25) is 0 Å². The lowest BCUT2D eigenvalue weighted by Gasteiger charge is -2.09. The summed E-state index contributed by atoms with van der Waals surface area (Å²) in [7, 11) is 0. The maximum absolute atomic E-state index is 12.9. The van der Waals surface area contributed by atoms with E-state index in [0.29, 0.717) is 19.6 Å². The van der Waals surface area contributed by atoms with E-state index in [2.05, 4.69) is 49.2 Å². The predicted octanol–water partition coefficient (Wildman–Crippen LogP) is 5.37. The molecule has 0 spiro atoms. The fourth-order valence-electron chi connectivity index (χ4n) is 4.99. The van der Waals surface area contributed by atoms with Gasteiger partial charge in [0.1, 0.15) is 0 Å². The molecule has 0 bridgehead atoms. The number of aromatic nitrogens is 2. The molecule has 2 aromatic heterocycles. The van der Waals surface area contributed by atoms with Gasteiger partial charge in [-0.1, -0.05) is 41.5 Å². The van der Waals surface area contributed by atoms with Gasteiger partial charge in [-0.25, -0.2) is 0 Å². The van der Waals surface area contributed by atoms with Crippen LogP contribution in [0.5, 0.6) is 0 Å². The average molecular weight is 394 g/mol. The largest absolute Gasteiger partial charge is 0.353 e. The molecule has 7 nitrogen and oxygen atoms in total. The Morgan fingerprint density at radius 3 is 2.73 bits per heavy atom. The Kier molecular flexibility index (Phi) is 3.54. The molecule has 0 saturated heterocycles. The summed E-state index contributed by atoms with van der Waals surface area (Å²) >= 11 is 0. The van der Waals surface area contributed by atoms with Crippen molar-refractivity contribution >= 4 is 49.5 Å². The van der Waals surface area contributed by atoms with Crippen molar-refractivity contribution in [1.82, 2.24) is 14.9 Å². The molecule has 1 amide bonds. The normalized spacial score (nSPS) is 13.3. The molecule has 146 valence electrons. The van der Waals surface area contributed by atoms with Crippen LogP contribution in [-0.4, -0.2) is 22.0 Å². The lowest BCUT2D eigenvalue weighted by Crippen LogP contribution is -2.12. The predicted molar refractivity (Wildman–Crippen MR) is 119 cm³/mol. The summed E-state index contributed by atoms with van der Waals surface area (Å²) in [4.78, 5) is 19.4. The second-order valence-electron chi connectivity index (χ2n) is 7.66. The zero-order valence-electron chi connectivity index (χ0n) is 16.1. The molecule has 30 heavy (non-hydrogen) atoms. The van der Waals surface area contributed by atoms with Crippen LogP contribution >= 0.6 is 0 Å². The van der Waals surface area contributed by atoms with E-state index in [1.807, 2.05) is 24.3 Å². The highest BCUT2D eigenvalue weighted by Crippen LogP contribution is 2.43. The molecule has 0 radical (unpaired) electrons. The molecule has 0 unspecified atom stereocenters. The van der Waals surface area contributed by atoms with Crippen LogP contribution in [0.1, 0.15) is 22.3 Å². The molecule has 7 heteroatoms. The number of fused-ring (bicyclic) bond motifs is 10. The van der Waals surface area contributed by atoms with Crippen molar-refractivity contribution in [2.75, 3.05) is 6.54 Å². The van der Waals surface area contributed by atoms with Crippen LogP contribution in [0.4, 0.5) is 0 Å². The van der Waals surface area contributed by atoms with Crippen LogP contribution in [0.25, 0.3) is 54.1 Å². The van der Waals surface area contributed by atoms with E-state index in [9.17, 15) is 4.79 Å². The van der Waals surface area contributed by atoms with Crippen LogP contribution in [-0.2, 0) is 13.1 Å². The monoisotopic (exact) mass is 394 g/mol. The molecule has 0 atom stereocenters. The van der Waals surface area contributed by atoms with E-state index in [0.717, 1.165) is 61.2 Å². The number of azide groups is 1. The van der Waals surface area contributed by atoms with Crippen LogP contribution < -0.4 is 5.32 Å². The fraction of sp³-hybridized carbons (Fsp3) is 0.174. The molecule has 1 aliphatic rings. The summed E-state index contributed by atoms with van der Waals surface area (Å²) in [5.74, 6) is -0.0147. The van der Waals surface area contributed by atoms with E-state index < -0.39 is 0 Å². The van der Waals surface area contributed by atoms with E-state index in [1.165, 1.54) is 0 Å². The second kappa shape index (κ2) is 6.27. The zero-order chi connectivity index (χ0) is 20.2. The topological polar surface area (TPSA) is 98.6 Å². The van der Waals surface area contributed by atoms with Crippen molar-refractivity contribution in [3.63, 3.8) is 0 Å². The van der Waals surface area contributed by atoms with Crippen molar-refractivity contribution in [3.05, 3.63) is 70.1 Å². The highest BCUT2D eigenvalue weighted by atomic mass is 16.1. The van der Waals surface area contributed by atoms with Gasteiger partial charge in [-0.15, -0.1) is 0 Å². The van der Waals surface area contributed by atoms with Crippen molar-refractivity contribution in [2.24, 2.45) is 5.11 Å². The minimum Gasteiger partial charge on any atom is -0.353 e. The highest BCUT2D eigenvalue weighted by molar-refractivity contribution is 6.30. The molecule has 3 aromatic carbocycles. The Morgan fingerprint density at radius 2 is 1.87 bits per heavy atom. The number of hydrogen-bond donors (Lipinski definition) is 2. The first-order valence-corrected chi connectivity index (χ1v) is 10.0. The fourth-order valence-corrected chi connectivity index (χ4v) is 4.99. The molecular formula is C23H18N6O. The Labute approximate surface area is 170 Å². The van der Waals surface area contributed by atoms with Gasteiger partial charge < -0.3 is 14.9 Å². The molecule has 0 fully saturated rings. The summed E-state index contributed by atoms with van der Waals surface area (Å²) in [5.41, 5.74) is 14.7. The molecule has 6 rings (SSSR count). The summed E-state index contributed by atoms with van der Waals surface area (Å²) < 4.78 is 2.27. The minimum absolute atomic E-state index is 0.0147. The first-order valence-electron chi connectivity index (χ1n) is 10.0. The molecule has 3 heterocycles. The van der Waals surface area contributed by atoms with Gasteiger partial charge in [-0.05, 0) is 29.6 Å². The number of benzene rings is 3. The van der Waals surface area contributed by atoms with Gasteiger partial charge in [0.2, 0.25) is 0 Å². The number of aryl methyl sites for hydroxylation is 1. The minimum atomic E-state index is -0.0147. The van der Waals surface area contributed by atoms with Crippen LogP contribution in [0.15, 0.2) is 53.6 Å². The first kappa shape index (κ1) is 16.9. The number of hydrogen-bond acceptors (Lipinski definition) is 2. The Hall–Kier alpha value is -3.96. The number of amides is 1. The summed E-state index contributed by atoms with van der Waals surface area (Å²) in [6.07, 6.45) is 0.725. The molecule has 0 aliphatic carbocycles. The van der Waals surface area contributed by atoms with Crippen LogP contribution in [0, 0.1) is 0 Å². The van der Waals surface area contributed by atoms with Gasteiger partial charge >= 0.3 is 0 Å². The number of nitrogens with zero attached hydrogens (tertiary/aromatic N) is 4. The van der Waals surface area contributed by atoms with E-state index >= 15 is 0 Å². The number of nitrogens with one attached hydrogen (secondary N) is 2. The van der Waals surface area contributed by atoms with Crippen molar-refractivity contribution in [1.29, 1.82) is 0 Å². The van der Waals surface area contributed by atoms with E-state index in [4.69, 9.17) is 5.53 Å². The van der Waals surface area contributed by atoms with E-state index in [-0.39, 0.29) is 5.91 Å². The summed E-state index contributed by atoms with van der Waals surface area (Å²) in [5, 5.41) is 11.1. The lowest BCUT2D eigenvalue weighted by atomic mass is 9.97. The van der Waals surface area contributed by atoms with Crippen molar-refractivity contribution in [2.45, 2.75) is 19.5 Å². The molecule has 2 N–H and O–H groups in total. The number of H-pyrrole nitrogens is 1. The van der Waals surface area contributed by atoms with Gasteiger partial charge in [0.05, 0.1) is 16.6 Å². The standard InChI is InChI=1S/C23H18N6O/c24-28-26-10-5-11-29-17-9-4-2-7-14(17)19-20-15(12-25-23(20)30)18-13-6-1-3-8-16(13)27-21(18)22(19)29/h1-4,6-9,27H,5,10-12H2,(H,25,30). The average Bonchev–Trinajstić information content (AvgIpc) is 3.43. The van der Waals surface area contributed by atoms with Gasteiger partial charge in [-0.2, -0.15) is 0 Å². The molecule has 0 saturated carbocycles. The third kappa shape index (κ3) is 2.15. The van der Waals surface area contributed by atoms with E-state index in [1.54, 1.807) is 0 Å². The summed E-state index contributed by atoms with van der Waals surface area (Å²) in [6.45, 7) is 1.68. The maximum atomic E-state index is 12.9. The number of aromatic amines is 1. The van der Waals surface area contributed by atoms with Crippen LogP contribution in [0.3, 0.4) is 0 Å². The Morgan fingerprint density at radius 1 is 1.07 bits per heavy atom. The number of carbonyl (C=O) groups excluding carboxylic acids is 1. The Balaban J connectivity index is 1.82. The maximum Gasteiger partial charge on any atom is 0.252 e. The first-order chi connectivity index (χ1) is 14.8. The van der Waals surface area contributed by atoms with Gasteiger partial charge in [0, 0.05) is 57.1 Å². The smallest absolute Gasteiger partial charge is 0.252 e. The third-order valence-corrected chi connectivity index (χ3v) is 6.12. The molecule has 5 aromatic rings. The summed E-state index contributed by atoms with van der Waals surface area (Å²) in [6, 6.07) is 16.5. The molecule has 1 aliphatic heterocycles. The third-order valence-electron chi connectivity index (χ3n) is 6.12. The highest BCUT2D eigenvalue weighted by Gasteiger charge is 2.30. The van der Waals surface area contributed by atoms with Crippen molar-refractivity contribution in [3.8, 4) is 0 Å². The van der Waals surface area contributed by atoms with Gasteiger partial charge in [0.25, 0.3) is 5.91 Å². The number of para-hydroxylation sites is 2. The molecular weight excluding hydrogens is 376 g/mol.